The summed E-state index contributed by atoms with van der Waals surface area (Å²) >= 11 is 2.01. The number of nitrogens with one attached hydrogen (secondary N) is 1. The maximum absolute atomic E-state index is 4.29. The fourth-order valence-electron chi connectivity index (χ4n) is 3.52. The molecule has 2 unspecified atom stereocenters. The average Bonchev–Trinajstić information content (AvgIpc) is 3.30. The second kappa shape index (κ2) is 6.11. The van der Waals surface area contributed by atoms with E-state index in [0.717, 1.165) is 11.8 Å². The summed E-state index contributed by atoms with van der Waals surface area (Å²) in [6, 6.07) is 0. The van der Waals surface area contributed by atoms with Gasteiger partial charge >= 0.3 is 0 Å². The highest BCUT2D eigenvalue weighted by Gasteiger charge is 2.44. The molecule has 0 aromatic heterocycles. The van der Waals surface area contributed by atoms with Crippen LogP contribution in [0.1, 0.15) is 77.0 Å². The summed E-state index contributed by atoms with van der Waals surface area (Å²) < 4.78 is 4.21. The molecule has 0 bridgehead atoms. The van der Waals surface area contributed by atoms with Gasteiger partial charge in [0.1, 0.15) is 0 Å². The van der Waals surface area contributed by atoms with Crippen LogP contribution in [0.2, 0.25) is 0 Å². The number of hydrogen-bond donors (Lipinski definition) is 1. The highest BCUT2D eigenvalue weighted by atomic mass is 32.2. The predicted octanol–water partition coefficient (Wildman–Crippen LogP) is 5.43. The maximum atomic E-state index is 4.29. The predicted molar refractivity (Wildman–Crippen MR) is 85.0 cm³/mol. The number of hydrogen-bond acceptors (Lipinski definition) is 2. The summed E-state index contributed by atoms with van der Waals surface area (Å²) in [5.74, 6) is 1.76. The van der Waals surface area contributed by atoms with Gasteiger partial charge in [-0.3, -0.25) is 0 Å². The SMILES string of the molecule is C=C1NSC2(CCCCCCCCCC3CC13)CC2. The van der Waals surface area contributed by atoms with E-state index in [2.05, 4.69) is 11.3 Å². The molecule has 2 heteroatoms. The molecule has 3 rings (SSSR count). The van der Waals surface area contributed by atoms with Crippen LogP contribution < -0.4 is 4.72 Å². The largest absolute Gasteiger partial charge is 0.333 e. The molecular formula is C17H29NS. The van der Waals surface area contributed by atoms with Gasteiger partial charge in [0.15, 0.2) is 0 Å². The molecule has 0 aromatic carbocycles. The van der Waals surface area contributed by atoms with Crippen molar-refractivity contribution in [3.63, 3.8) is 0 Å². The van der Waals surface area contributed by atoms with E-state index >= 15 is 0 Å². The second-order valence-electron chi connectivity index (χ2n) is 7.03. The minimum Gasteiger partial charge on any atom is -0.333 e. The van der Waals surface area contributed by atoms with E-state index in [0.29, 0.717) is 4.75 Å². The lowest BCUT2D eigenvalue weighted by atomic mass is 10.0. The highest BCUT2D eigenvalue weighted by Crippen LogP contribution is 2.53. The highest BCUT2D eigenvalue weighted by molar-refractivity contribution is 7.99. The van der Waals surface area contributed by atoms with Crippen molar-refractivity contribution in [3.05, 3.63) is 12.3 Å². The molecule has 0 radical (unpaired) electrons. The van der Waals surface area contributed by atoms with Crippen LogP contribution in [0.5, 0.6) is 0 Å². The van der Waals surface area contributed by atoms with Gasteiger partial charge in [0.25, 0.3) is 0 Å². The molecule has 1 heterocycles. The van der Waals surface area contributed by atoms with Crippen molar-refractivity contribution in [2.75, 3.05) is 0 Å². The van der Waals surface area contributed by atoms with E-state index in [1.54, 1.807) is 0 Å². The topological polar surface area (TPSA) is 12.0 Å². The molecule has 1 aliphatic heterocycles. The van der Waals surface area contributed by atoms with E-state index in [-0.39, 0.29) is 0 Å². The summed E-state index contributed by atoms with van der Waals surface area (Å²) in [5, 5.41) is 0. The van der Waals surface area contributed by atoms with E-state index in [1.807, 2.05) is 11.9 Å². The van der Waals surface area contributed by atoms with E-state index in [1.165, 1.54) is 82.7 Å². The van der Waals surface area contributed by atoms with Gasteiger partial charge in [0, 0.05) is 16.4 Å². The fourth-order valence-corrected chi connectivity index (χ4v) is 4.57. The maximum Gasteiger partial charge on any atom is 0.0358 e. The Labute approximate surface area is 123 Å². The molecule has 0 aromatic rings. The zero-order valence-corrected chi connectivity index (χ0v) is 13.1. The Morgan fingerprint density at radius 3 is 2.37 bits per heavy atom. The third-order valence-corrected chi connectivity index (χ3v) is 6.69. The Balaban J connectivity index is 1.49. The Morgan fingerprint density at radius 1 is 0.947 bits per heavy atom. The fraction of sp³-hybridized carbons (Fsp3) is 0.882. The lowest BCUT2D eigenvalue weighted by Gasteiger charge is -2.17. The van der Waals surface area contributed by atoms with Crippen LogP contribution in [0.3, 0.4) is 0 Å². The molecule has 108 valence electrons. The van der Waals surface area contributed by atoms with Crippen LogP contribution >= 0.6 is 11.9 Å². The van der Waals surface area contributed by atoms with Crippen molar-refractivity contribution in [2.24, 2.45) is 11.8 Å². The summed E-state index contributed by atoms with van der Waals surface area (Å²) in [6.45, 7) is 4.29. The molecule has 2 saturated carbocycles. The molecule has 1 saturated heterocycles. The van der Waals surface area contributed by atoms with Gasteiger partial charge in [-0.05, 0) is 50.0 Å². The van der Waals surface area contributed by atoms with Crippen LogP contribution in [0.25, 0.3) is 0 Å². The smallest absolute Gasteiger partial charge is 0.0358 e. The lowest BCUT2D eigenvalue weighted by molar-refractivity contribution is 0.538. The van der Waals surface area contributed by atoms with Gasteiger partial charge in [0.05, 0.1) is 0 Å². The Hall–Kier alpha value is -0.110. The van der Waals surface area contributed by atoms with E-state index in [4.69, 9.17) is 0 Å². The first-order valence-corrected chi connectivity index (χ1v) is 9.24. The molecule has 3 fully saturated rings. The van der Waals surface area contributed by atoms with Crippen molar-refractivity contribution in [3.8, 4) is 0 Å². The lowest BCUT2D eigenvalue weighted by Crippen LogP contribution is -2.14. The van der Waals surface area contributed by atoms with Crippen molar-refractivity contribution in [1.82, 2.24) is 4.72 Å². The zero-order chi connectivity index (χ0) is 13.1. The summed E-state index contributed by atoms with van der Waals surface area (Å²) in [4.78, 5) is 0. The normalized spacial score (nSPS) is 35.7. The Morgan fingerprint density at radius 2 is 1.63 bits per heavy atom. The first kappa shape index (κ1) is 13.9. The van der Waals surface area contributed by atoms with Crippen LogP contribution in [0.15, 0.2) is 12.3 Å². The number of allylic oxidation sites excluding steroid dienone is 1. The number of rotatable bonds is 0. The molecular weight excluding hydrogens is 250 g/mol. The van der Waals surface area contributed by atoms with Gasteiger partial charge in [-0.1, -0.05) is 51.5 Å². The van der Waals surface area contributed by atoms with Crippen molar-refractivity contribution >= 4 is 11.9 Å². The van der Waals surface area contributed by atoms with Crippen LogP contribution in [0.4, 0.5) is 0 Å². The number of fused-ring (bicyclic) bond motifs is 1. The average molecular weight is 279 g/mol. The van der Waals surface area contributed by atoms with E-state index < -0.39 is 0 Å². The first-order chi connectivity index (χ1) is 9.29. The molecule has 1 spiro atoms. The van der Waals surface area contributed by atoms with Crippen molar-refractivity contribution in [2.45, 2.75) is 81.8 Å². The summed E-state index contributed by atoms with van der Waals surface area (Å²) in [7, 11) is 0. The third-order valence-electron chi connectivity index (χ3n) is 5.28. The zero-order valence-electron chi connectivity index (χ0n) is 12.3. The molecule has 2 aliphatic carbocycles. The molecule has 19 heavy (non-hydrogen) atoms. The van der Waals surface area contributed by atoms with Crippen LogP contribution in [-0.4, -0.2) is 4.75 Å². The second-order valence-corrected chi connectivity index (χ2v) is 8.30. The standard InChI is InChI=1S/C17H29NS/c1-14-16-13-15(16)9-7-5-3-2-4-6-8-10-17(11-12-17)19-18-14/h15-16,18H,1-13H2. The van der Waals surface area contributed by atoms with Crippen molar-refractivity contribution < 1.29 is 0 Å². The van der Waals surface area contributed by atoms with Gasteiger partial charge in [-0.15, -0.1) is 0 Å². The Kier molecular flexibility index (Phi) is 4.46. The Bertz CT molecular complexity index is 321. The first-order valence-electron chi connectivity index (χ1n) is 8.42. The molecule has 0 amide bonds. The van der Waals surface area contributed by atoms with Gasteiger partial charge in [-0.25, -0.2) is 0 Å². The summed E-state index contributed by atoms with van der Waals surface area (Å²) in [5.41, 5.74) is 1.33. The van der Waals surface area contributed by atoms with Crippen molar-refractivity contribution in [1.29, 1.82) is 0 Å². The molecule has 3 aliphatic rings. The third kappa shape index (κ3) is 3.93. The van der Waals surface area contributed by atoms with E-state index in [9.17, 15) is 0 Å². The quantitative estimate of drug-likeness (QED) is 0.593. The molecule has 1 nitrogen and oxygen atoms in total. The minimum absolute atomic E-state index is 0.591. The van der Waals surface area contributed by atoms with Gasteiger partial charge < -0.3 is 4.72 Å². The minimum atomic E-state index is 0.591. The van der Waals surface area contributed by atoms with Crippen LogP contribution in [-0.2, 0) is 0 Å². The van der Waals surface area contributed by atoms with Gasteiger partial charge in [0.2, 0.25) is 0 Å². The van der Waals surface area contributed by atoms with Crippen LogP contribution in [0, 0.1) is 11.8 Å². The summed E-state index contributed by atoms with van der Waals surface area (Å²) in [6.07, 6.45) is 17.3. The molecule has 2 atom stereocenters. The molecule has 1 N–H and O–H groups in total. The monoisotopic (exact) mass is 279 g/mol. The van der Waals surface area contributed by atoms with Gasteiger partial charge in [-0.2, -0.15) is 0 Å².